The summed E-state index contributed by atoms with van der Waals surface area (Å²) < 4.78 is 0. The Balaban J connectivity index is 1.78. The van der Waals surface area contributed by atoms with Gasteiger partial charge in [-0.05, 0) is 31.9 Å². The van der Waals surface area contributed by atoms with Gasteiger partial charge in [-0.25, -0.2) is 4.79 Å². The normalized spacial score (nSPS) is 21.9. The fourth-order valence-corrected chi connectivity index (χ4v) is 3.59. The molecule has 106 valence electrons. The molecule has 0 atom stereocenters. The lowest BCUT2D eigenvalue weighted by Crippen LogP contribution is -2.48. The van der Waals surface area contributed by atoms with Crippen LogP contribution in [0.15, 0.2) is 17.2 Å². The van der Waals surface area contributed by atoms with E-state index >= 15 is 0 Å². The van der Waals surface area contributed by atoms with E-state index in [1.807, 2.05) is 19.1 Å². The number of nitrogens with one attached hydrogen (secondary N) is 1. The Bertz CT molecular complexity index is 573. The summed E-state index contributed by atoms with van der Waals surface area (Å²) in [4.78, 5) is 26.5. The fourth-order valence-electron chi connectivity index (χ4n) is 2.84. The van der Waals surface area contributed by atoms with Gasteiger partial charge < -0.3 is 5.32 Å². The van der Waals surface area contributed by atoms with Gasteiger partial charge in [0.2, 0.25) is 0 Å². The number of hydrogen-bond donors (Lipinski definition) is 1. The Labute approximate surface area is 121 Å². The number of thiophene rings is 1. The van der Waals surface area contributed by atoms with Gasteiger partial charge in [0.05, 0.1) is 6.21 Å². The van der Waals surface area contributed by atoms with E-state index in [4.69, 9.17) is 0 Å². The van der Waals surface area contributed by atoms with E-state index in [-0.39, 0.29) is 5.91 Å². The first kappa shape index (κ1) is 13.3. The van der Waals surface area contributed by atoms with Gasteiger partial charge in [-0.1, -0.05) is 19.3 Å². The van der Waals surface area contributed by atoms with Crippen molar-refractivity contribution < 1.29 is 9.59 Å². The summed E-state index contributed by atoms with van der Waals surface area (Å²) in [5.74, 6) is -0.202. The smallest absolute Gasteiger partial charge is 0.321 e. The Kier molecular flexibility index (Phi) is 3.33. The van der Waals surface area contributed by atoms with Crippen molar-refractivity contribution in [2.45, 2.75) is 44.6 Å². The van der Waals surface area contributed by atoms with Gasteiger partial charge in [-0.3, -0.25) is 4.79 Å². The Morgan fingerprint density at radius 2 is 2.05 bits per heavy atom. The maximum absolute atomic E-state index is 12.5. The van der Waals surface area contributed by atoms with Gasteiger partial charge >= 0.3 is 6.03 Å². The van der Waals surface area contributed by atoms with Crippen LogP contribution in [0, 0.1) is 6.92 Å². The first-order chi connectivity index (χ1) is 9.61. The minimum Gasteiger partial charge on any atom is -0.321 e. The lowest BCUT2D eigenvalue weighted by molar-refractivity contribution is -0.132. The van der Waals surface area contributed by atoms with Gasteiger partial charge in [-0.15, -0.1) is 16.3 Å². The lowest BCUT2D eigenvalue weighted by Gasteiger charge is -2.29. The third-order valence-corrected chi connectivity index (χ3v) is 4.84. The predicted molar refractivity (Wildman–Crippen MR) is 77.8 cm³/mol. The summed E-state index contributed by atoms with van der Waals surface area (Å²) in [7, 11) is 0. The number of carbonyl (C=O) groups is 2. The number of imide groups is 1. The first-order valence-corrected chi connectivity index (χ1v) is 7.69. The van der Waals surface area contributed by atoms with Crippen molar-refractivity contribution in [3.8, 4) is 0 Å². The molecular formula is C14H17N3O2S. The second-order valence-electron chi connectivity index (χ2n) is 5.38. The van der Waals surface area contributed by atoms with Crippen LogP contribution in [-0.2, 0) is 4.79 Å². The minimum atomic E-state index is -0.696. The van der Waals surface area contributed by atoms with Crippen molar-refractivity contribution in [1.29, 1.82) is 0 Å². The highest BCUT2D eigenvalue weighted by atomic mass is 32.1. The molecule has 1 N–H and O–H groups in total. The van der Waals surface area contributed by atoms with Crippen molar-refractivity contribution in [1.82, 2.24) is 10.3 Å². The Morgan fingerprint density at radius 1 is 1.30 bits per heavy atom. The zero-order chi connectivity index (χ0) is 14.2. The third-order valence-electron chi connectivity index (χ3n) is 3.91. The molecule has 0 unspecified atom stereocenters. The van der Waals surface area contributed by atoms with Crippen LogP contribution in [0.2, 0.25) is 0 Å². The van der Waals surface area contributed by atoms with Gasteiger partial charge in [-0.2, -0.15) is 5.10 Å². The third kappa shape index (κ3) is 2.24. The van der Waals surface area contributed by atoms with E-state index in [0.29, 0.717) is 0 Å². The quantitative estimate of drug-likeness (QED) is 0.672. The topological polar surface area (TPSA) is 61.8 Å². The molecule has 2 heterocycles. The van der Waals surface area contributed by atoms with Crippen LogP contribution in [0.4, 0.5) is 4.79 Å². The minimum absolute atomic E-state index is 0.202. The van der Waals surface area contributed by atoms with E-state index in [1.165, 1.54) is 4.88 Å². The van der Waals surface area contributed by atoms with Gasteiger partial charge in [0, 0.05) is 9.75 Å². The van der Waals surface area contributed by atoms with E-state index in [2.05, 4.69) is 10.4 Å². The molecule has 2 aliphatic rings. The highest BCUT2D eigenvalue weighted by Crippen LogP contribution is 2.33. The first-order valence-electron chi connectivity index (χ1n) is 6.88. The van der Waals surface area contributed by atoms with Crippen LogP contribution < -0.4 is 5.32 Å². The van der Waals surface area contributed by atoms with Crippen molar-refractivity contribution in [2.24, 2.45) is 5.10 Å². The molecule has 2 fully saturated rings. The van der Waals surface area contributed by atoms with Gasteiger partial charge in [0.1, 0.15) is 5.54 Å². The molecule has 1 spiro atoms. The number of carbonyl (C=O) groups excluding carboxylic acids is 2. The molecule has 0 aromatic carbocycles. The van der Waals surface area contributed by atoms with E-state index in [0.717, 1.165) is 42.0 Å². The average Bonchev–Trinajstić information content (AvgIpc) is 2.93. The SMILES string of the molecule is Cc1ccc(/C=N\N2C(=O)NC3(CCCCC3)C2=O)s1. The van der Waals surface area contributed by atoms with Crippen molar-refractivity contribution >= 4 is 29.5 Å². The Hall–Kier alpha value is -1.69. The maximum atomic E-state index is 12.5. The molecular weight excluding hydrogens is 274 g/mol. The summed E-state index contributed by atoms with van der Waals surface area (Å²) in [5.41, 5.74) is -0.696. The van der Waals surface area contributed by atoms with E-state index in [1.54, 1.807) is 17.6 Å². The van der Waals surface area contributed by atoms with Crippen molar-refractivity contribution in [3.05, 3.63) is 21.9 Å². The molecule has 20 heavy (non-hydrogen) atoms. The van der Waals surface area contributed by atoms with Crippen LogP contribution in [0.1, 0.15) is 41.9 Å². The molecule has 3 rings (SSSR count). The number of hydrazone groups is 1. The zero-order valence-electron chi connectivity index (χ0n) is 11.4. The standard InChI is InChI=1S/C14H17N3O2S/c1-10-5-6-11(20-10)9-15-17-12(18)14(16-13(17)19)7-3-2-4-8-14/h5-6,9H,2-4,7-8H2,1H3,(H,16,19)/b15-9-. The van der Waals surface area contributed by atoms with Crippen LogP contribution in [0.25, 0.3) is 0 Å². The number of nitrogens with zero attached hydrogens (tertiary/aromatic N) is 2. The van der Waals surface area contributed by atoms with Crippen LogP contribution >= 0.6 is 11.3 Å². The number of aryl methyl sites for hydroxylation is 1. The molecule has 5 nitrogen and oxygen atoms in total. The van der Waals surface area contributed by atoms with Gasteiger partial charge in [0.25, 0.3) is 5.91 Å². The van der Waals surface area contributed by atoms with Crippen LogP contribution in [0.3, 0.4) is 0 Å². The Morgan fingerprint density at radius 3 is 2.70 bits per heavy atom. The lowest BCUT2D eigenvalue weighted by atomic mass is 9.82. The molecule has 1 aromatic heterocycles. The summed E-state index contributed by atoms with van der Waals surface area (Å²) in [6, 6.07) is 3.51. The monoisotopic (exact) mass is 291 g/mol. The predicted octanol–water partition coefficient (Wildman–Crippen LogP) is 2.65. The number of urea groups is 1. The largest absolute Gasteiger partial charge is 0.346 e. The highest BCUT2D eigenvalue weighted by molar-refractivity contribution is 7.13. The van der Waals surface area contributed by atoms with Crippen LogP contribution in [-0.4, -0.2) is 28.7 Å². The molecule has 6 heteroatoms. The summed E-state index contributed by atoms with van der Waals surface area (Å²) in [6.45, 7) is 2.01. The summed E-state index contributed by atoms with van der Waals surface area (Å²) >= 11 is 1.58. The second kappa shape index (κ2) is 5.01. The number of rotatable bonds is 2. The highest BCUT2D eigenvalue weighted by Gasteiger charge is 2.51. The number of amides is 3. The van der Waals surface area contributed by atoms with E-state index in [9.17, 15) is 9.59 Å². The molecule has 0 bridgehead atoms. The molecule has 1 aromatic rings. The maximum Gasteiger partial charge on any atom is 0.346 e. The molecule has 1 saturated carbocycles. The summed E-state index contributed by atoms with van der Waals surface area (Å²) in [5, 5.41) is 7.90. The van der Waals surface area contributed by atoms with Crippen LogP contribution in [0.5, 0.6) is 0 Å². The number of hydrogen-bond acceptors (Lipinski definition) is 4. The van der Waals surface area contributed by atoms with Crippen molar-refractivity contribution in [2.75, 3.05) is 0 Å². The molecule has 1 saturated heterocycles. The average molecular weight is 291 g/mol. The summed E-state index contributed by atoms with van der Waals surface area (Å²) in [6.07, 6.45) is 6.12. The molecule has 1 aliphatic carbocycles. The molecule has 1 aliphatic heterocycles. The fraction of sp³-hybridized carbons (Fsp3) is 0.500. The van der Waals surface area contributed by atoms with Crippen molar-refractivity contribution in [3.63, 3.8) is 0 Å². The van der Waals surface area contributed by atoms with Gasteiger partial charge in [0.15, 0.2) is 0 Å². The zero-order valence-corrected chi connectivity index (χ0v) is 12.2. The molecule has 3 amide bonds. The molecule has 0 radical (unpaired) electrons. The second-order valence-corrected chi connectivity index (χ2v) is 6.70. The van der Waals surface area contributed by atoms with E-state index < -0.39 is 11.6 Å².